The number of aromatic nitrogens is 1. The molecule has 2 heterocycles. The summed E-state index contributed by atoms with van der Waals surface area (Å²) in [7, 11) is -2.43. The smallest absolute Gasteiger partial charge is 0.257 e. The standard InChI is InChI=1S/C24H25N3O5S2/c1-31-21-8-7-19(14-22(21)34(29,30)27-9-11-32-12-10-27)23(28)26-24-25-20(15-33-24)18-6-5-16-3-2-4-17(16)13-18/h5-8,13-15H,2-4,9-12H2,1H3,(H,25,26,28). The first kappa shape index (κ1) is 23.0. The number of benzene rings is 2. The van der Waals surface area contributed by atoms with E-state index in [1.54, 1.807) is 6.07 Å². The van der Waals surface area contributed by atoms with E-state index in [1.165, 1.54) is 52.4 Å². The van der Waals surface area contributed by atoms with Crippen molar-refractivity contribution in [3.05, 3.63) is 58.5 Å². The van der Waals surface area contributed by atoms with E-state index in [1.807, 2.05) is 5.38 Å². The largest absolute Gasteiger partial charge is 0.495 e. The van der Waals surface area contributed by atoms with Gasteiger partial charge >= 0.3 is 0 Å². The third kappa shape index (κ3) is 4.46. The van der Waals surface area contributed by atoms with Gasteiger partial charge in [0, 0.05) is 29.6 Å². The monoisotopic (exact) mass is 499 g/mol. The van der Waals surface area contributed by atoms with Crippen molar-refractivity contribution in [3.8, 4) is 17.0 Å². The molecular formula is C24H25N3O5S2. The van der Waals surface area contributed by atoms with Crippen LogP contribution in [0.2, 0.25) is 0 Å². The Morgan fingerprint density at radius 1 is 1.12 bits per heavy atom. The first-order valence-electron chi connectivity index (χ1n) is 11.1. The van der Waals surface area contributed by atoms with E-state index >= 15 is 0 Å². The van der Waals surface area contributed by atoms with Crippen molar-refractivity contribution in [2.75, 3.05) is 38.7 Å². The number of morpholine rings is 1. The van der Waals surface area contributed by atoms with Crippen LogP contribution in [0, 0.1) is 0 Å². The van der Waals surface area contributed by atoms with Gasteiger partial charge in [0.15, 0.2) is 5.13 Å². The molecule has 0 atom stereocenters. The minimum Gasteiger partial charge on any atom is -0.495 e. The summed E-state index contributed by atoms with van der Waals surface area (Å²) in [5, 5.41) is 5.16. The molecule has 1 aromatic heterocycles. The first-order chi connectivity index (χ1) is 16.5. The number of methoxy groups -OCH3 is 1. The zero-order chi connectivity index (χ0) is 23.7. The van der Waals surface area contributed by atoms with Gasteiger partial charge in [-0.15, -0.1) is 11.3 Å². The molecule has 34 heavy (non-hydrogen) atoms. The van der Waals surface area contributed by atoms with Crippen molar-refractivity contribution >= 4 is 32.4 Å². The predicted octanol–water partition coefficient (Wildman–Crippen LogP) is 3.58. The number of nitrogens with zero attached hydrogens (tertiary/aromatic N) is 2. The molecule has 178 valence electrons. The number of sulfonamides is 1. The molecule has 0 saturated carbocycles. The Balaban J connectivity index is 1.37. The van der Waals surface area contributed by atoms with Crippen molar-refractivity contribution in [1.29, 1.82) is 0 Å². The maximum absolute atomic E-state index is 13.2. The van der Waals surface area contributed by atoms with Crippen LogP contribution in [0.5, 0.6) is 5.75 Å². The fraction of sp³-hybridized carbons (Fsp3) is 0.333. The molecule has 0 spiro atoms. The summed E-state index contributed by atoms with van der Waals surface area (Å²) in [5.41, 5.74) is 4.81. The second-order valence-electron chi connectivity index (χ2n) is 8.21. The molecule has 1 saturated heterocycles. The number of carbonyl (C=O) groups is 1. The summed E-state index contributed by atoms with van der Waals surface area (Å²) >= 11 is 1.33. The fourth-order valence-corrected chi connectivity index (χ4v) is 6.61. The summed E-state index contributed by atoms with van der Waals surface area (Å²) in [4.78, 5) is 17.5. The molecule has 0 radical (unpaired) electrons. The van der Waals surface area contributed by atoms with E-state index in [4.69, 9.17) is 9.47 Å². The molecule has 0 unspecified atom stereocenters. The van der Waals surface area contributed by atoms with Crippen LogP contribution in [-0.2, 0) is 27.6 Å². The van der Waals surface area contributed by atoms with Crippen molar-refractivity contribution < 1.29 is 22.7 Å². The molecule has 1 aliphatic carbocycles. The molecule has 0 bridgehead atoms. The highest BCUT2D eigenvalue weighted by atomic mass is 32.2. The van der Waals surface area contributed by atoms with E-state index in [0.717, 1.165) is 24.1 Å². The van der Waals surface area contributed by atoms with Gasteiger partial charge in [0.2, 0.25) is 10.0 Å². The number of hydrogen-bond acceptors (Lipinski definition) is 7. The topological polar surface area (TPSA) is 97.8 Å². The molecule has 2 aromatic carbocycles. The number of aryl methyl sites for hydroxylation is 2. The number of hydrogen-bond donors (Lipinski definition) is 1. The number of fused-ring (bicyclic) bond motifs is 1. The van der Waals surface area contributed by atoms with Gasteiger partial charge in [-0.25, -0.2) is 13.4 Å². The zero-order valence-electron chi connectivity index (χ0n) is 18.7. The summed E-state index contributed by atoms with van der Waals surface area (Å²) in [6.45, 7) is 1.18. The molecule has 5 rings (SSSR count). The Labute approximate surface area is 202 Å². The number of amides is 1. The zero-order valence-corrected chi connectivity index (χ0v) is 20.4. The number of thiazole rings is 1. The van der Waals surface area contributed by atoms with E-state index in [0.29, 0.717) is 18.3 Å². The van der Waals surface area contributed by atoms with Crippen LogP contribution in [0.3, 0.4) is 0 Å². The van der Waals surface area contributed by atoms with E-state index < -0.39 is 15.9 Å². The average Bonchev–Trinajstić information content (AvgIpc) is 3.53. The van der Waals surface area contributed by atoms with Crippen LogP contribution in [0.1, 0.15) is 27.9 Å². The van der Waals surface area contributed by atoms with Gasteiger partial charge in [-0.05, 0) is 54.7 Å². The van der Waals surface area contributed by atoms with Gasteiger partial charge in [0.25, 0.3) is 5.91 Å². The average molecular weight is 500 g/mol. The molecule has 3 aromatic rings. The summed E-state index contributed by atoms with van der Waals surface area (Å²) < 4.78 is 38.3. The molecule has 2 aliphatic rings. The highest BCUT2D eigenvalue weighted by Gasteiger charge is 2.30. The first-order valence-corrected chi connectivity index (χ1v) is 13.4. The molecule has 1 amide bonds. The number of anilines is 1. The van der Waals surface area contributed by atoms with Crippen LogP contribution in [0.25, 0.3) is 11.3 Å². The molecule has 1 fully saturated rings. The minimum atomic E-state index is -3.84. The maximum atomic E-state index is 13.2. The Morgan fingerprint density at radius 3 is 2.71 bits per heavy atom. The van der Waals surface area contributed by atoms with Crippen LogP contribution >= 0.6 is 11.3 Å². The second-order valence-corrected chi connectivity index (χ2v) is 11.0. The lowest BCUT2D eigenvalue weighted by Crippen LogP contribution is -2.40. The third-order valence-electron chi connectivity index (χ3n) is 6.13. The van der Waals surface area contributed by atoms with E-state index in [-0.39, 0.29) is 29.3 Å². The Hall–Kier alpha value is -2.79. The minimum absolute atomic E-state index is 0.0393. The van der Waals surface area contributed by atoms with Gasteiger partial charge < -0.3 is 9.47 Å². The van der Waals surface area contributed by atoms with Crippen LogP contribution < -0.4 is 10.1 Å². The third-order valence-corrected chi connectivity index (χ3v) is 8.81. The molecular weight excluding hydrogens is 474 g/mol. The van der Waals surface area contributed by atoms with E-state index in [9.17, 15) is 13.2 Å². The van der Waals surface area contributed by atoms with Gasteiger partial charge in [0.05, 0.1) is 26.0 Å². The van der Waals surface area contributed by atoms with E-state index in [2.05, 4.69) is 28.5 Å². The van der Waals surface area contributed by atoms with Crippen molar-refractivity contribution in [2.24, 2.45) is 0 Å². The lowest BCUT2D eigenvalue weighted by Gasteiger charge is -2.26. The Morgan fingerprint density at radius 2 is 1.91 bits per heavy atom. The summed E-state index contributed by atoms with van der Waals surface area (Å²) in [6, 6.07) is 10.8. The predicted molar refractivity (Wildman–Crippen MR) is 130 cm³/mol. The summed E-state index contributed by atoms with van der Waals surface area (Å²) in [6.07, 6.45) is 3.39. The van der Waals surface area contributed by atoms with Gasteiger partial charge in [-0.2, -0.15) is 4.31 Å². The molecule has 10 heteroatoms. The lowest BCUT2D eigenvalue weighted by atomic mass is 10.1. The highest BCUT2D eigenvalue weighted by Crippen LogP contribution is 2.31. The Kier molecular flexibility index (Phi) is 6.39. The van der Waals surface area contributed by atoms with Crippen LogP contribution in [-0.4, -0.2) is 57.0 Å². The second kappa shape index (κ2) is 9.46. The molecule has 1 aliphatic heterocycles. The number of carbonyl (C=O) groups excluding carboxylic acids is 1. The van der Waals surface area contributed by atoms with Crippen molar-refractivity contribution in [2.45, 2.75) is 24.2 Å². The Bertz CT molecular complexity index is 1330. The van der Waals surface area contributed by atoms with Gasteiger partial charge in [-0.1, -0.05) is 12.1 Å². The SMILES string of the molecule is COc1ccc(C(=O)Nc2nc(-c3ccc4c(c3)CCC4)cs2)cc1S(=O)(=O)N1CCOCC1. The normalized spacial score (nSPS) is 16.3. The quantitative estimate of drug-likeness (QED) is 0.557. The van der Waals surface area contributed by atoms with Crippen LogP contribution in [0.15, 0.2) is 46.7 Å². The van der Waals surface area contributed by atoms with Crippen molar-refractivity contribution in [3.63, 3.8) is 0 Å². The summed E-state index contributed by atoms with van der Waals surface area (Å²) in [5.74, 6) is -0.243. The van der Waals surface area contributed by atoms with Gasteiger partial charge in [-0.3, -0.25) is 10.1 Å². The van der Waals surface area contributed by atoms with Gasteiger partial charge in [0.1, 0.15) is 10.6 Å². The fourth-order valence-electron chi connectivity index (χ4n) is 4.31. The molecule has 1 N–H and O–H groups in total. The lowest BCUT2D eigenvalue weighted by molar-refractivity contribution is 0.0729. The number of ether oxygens (including phenoxy) is 2. The highest BCUT2D eigenvalue weighted by molar-refractivity contribution is 7.89. The van der Waals surface area contributed by atoms with Crippen molar-refractivity contribution in [1.82, 2.24) is 9.29 Å². The number of rotatable bonds is 6. The van der Waals surface area contributed by atoms with Crippen LogP contribution in [0.4, 0.5) is 5.13 Å². The molecule has 8 nitrogen and oxygen atoms in total. The number of nitrogens with one attached hydrogen (secondary N) is 1. The maximum Gasteiger partial charge on any atom is 0.257 e.